The Kier molecular flexibility index (Phi) is 8.22. The molecule has 2 aromatic carbocycles. The molecule has 2 rings (SSSR count). The van der Waals surface area contributed by atoms with Crippen molar-refractivity contribution >= 4 is 23.5 Å². The first kappa shape index (κ1) is 22.7. The molecule has 0 fully saturated rings. The summed E-state index contributed by atoms with van der Waals surface area (Å²) < 4.78 is 20.7. The van der Waals surface area contributed by atoms with E-state index in [0.717, 1.165) is 0 Å². The molecule has 1 N–H and O–H groups in total. The monoisotopic (exact) mass is 415 g/mol. The second-order valence-corrected chi connectivity index (χ2v) is 6.16. The lowest BCUT2D eigenvalue weighted by molar-refractivity contribution is -0.122. The van der Waals surface area contributed by atoms with Gasteiger partial charge >= 0.3 is 11.9 Å². The number of esters is 2. The van der Waals surface area contributed by atoms with Gasteiger partial charge in [0.2, 0.25) is 0 Å². The summed E-state index contributed by atoms with van der Waals surface area (Å²) in [5, 5.41) is 2.66. The van der Waals surface area contributed by atoms with Crippen LogP contribution in [0.25, 0.3) is 0 Å². The van der Waals surface area contributed by atoms with Crippen molar-refractivity contribution in [2.75, 3.05) is 25.6 Å². The summed E-state index contributed by atoms with van der Waals surface area (Å²) in [6, 6.07) is 11.0. The van der Waals surface area contributed by atoms with Crippen molar-refractivity contribution in [2.24, 2.45) is 0 Å². The van der Waals surface area contributed by atoms with Gasteiger partial charge in [0.05, 0.1) is 31.5 Å². The molecule has 160 valence electrons. The predicted octanol–water partition coefficient (Wildman–Crippen LogP) is 3.45. The molecular formula is C22H25NO7. The minimum absolute atomic E-state index is 0.126. The van der Waals surface area contributed by atoms with Crippen LogP contribution in [0.5, 0.6) is 11.5 Å². The third-order valence-electron chi connectivity index (χ3n) is 3.96. The second kappa shape index (κ2) is 10.8. The van der Waals surface area contributed by atoms with Gasteiger partial charge < -0.3 is 24.3 Å². The summed E-state index contributed by atoms with van der Waals surface area (Å²) in [5.41, 5.74) is 0.502. The zero-order valence-electron chi connectivity index (χ0n) is 17.4. The molecule has 1 atom stereocenters. The molecule has 0 aromatic heterocycles. The topological polar surface area (TPSA) is 100 Å². The van der Waals surface area contributed by atoms with E-state index in [4.69, 9.17) is 18.9 Å². The van der Waals surface area contributed by atoms with Crippen molar-refractivity contribution in [3.05, 3.63) is 53.6 Å². The number of hydrogen-bond acceptors (Lipinski definition) is 7. The van der Waals surface area contributed by atoms with Gasteiger partial charge in [0.1, 0.15) is 11.5 Å². The van der Waals surface area contributed by atoms with Crippen LogP contribution in [0.1, 0.15) is 41.5 Å². The highest BCUT2D eigenvalue weighted by molar-refractivity contribution is 6.00. The Morgan fingerprint density at radius 3 is 1.83 bits per heavy atom. The molecule has 0 radical (unpaired) electrons. The number of hydrogen-bond donors (Lipinski definition) is 1. The van der Waals surface area contributed by atoms with Crippen molar-refractivity contribution in [3.8, 4) is 11.5 Å². The Hall–Kier alpha value is -3.55. The molecule has 1 unspecified atom stereocenters. The van der Waals surface area contributed by atoms with E-state index >= 15 is 0 Å². The summed E-state index contributed by atoms with van der Waals surface area (Å²) in [7, 11) is 1.56. The fourth-order valence-corrected chi connectivity index (χ4v) is 2.52. The van der Waals surface area contributed by atoms with E-state index in [0.29, 0.717) is 11.5 Å². The predicted molar refractivity (Wildman–Crippen MR) is 110 cm³/mol. The number of nitrogens with one attached hydrogen (secondary N) is 1. The van der Waals surface area contributed by atoms with E-state index in [2.05, 4.69) is 5.32 Å². The molecule has 0 spiro atoms. The number of carbonyl (C=O) groups excluding carboxylic acids is 3. The molecule has 8 nitrogen and oxygen atoms in total. The number of methoxy groups -OCH3 is 1. The molecule has 1 amide bonds. The number of benzene rings is 2. The van der Waals surface area contributed by atoms with Gasteiger partial charge in [-0.3, -0.25) is 4.79 Å². The van der Waals surface area contributed by atoms with Crippen LogP contribution < -0.4 is 14.8 Å². The van der Waals surface area contributed by atoms with E-state index in [9.17, 15) is 14.4 Å². The zero-order chi connectivity index (χ0) is 22.1. The van der Waals surface area contributed by atoms with Crippen molar-refractivity contribution < 1.29 is 33.3 Å². The first-order valence-electron chi connectivity index (χ1n) is 9.48. The van der Waals surface area contributed by atoms with E-state index in [1.165, 1.54) is 18.2 Å². The van der Waals surface area contributed by atoms with E-state index in [-0.39, 0.29) is 30.0 Å². The largest absolute Gasteiger partial charge is 0.497 e. The highest BCUT2D eigenvalue weighted by atomic mass is 16.5. The lowest BCUT2D eigenvalue weighted by atomic mass is 10.1. The van der Waals surface area contributed by atoms with E-state index in [1.807, 2.05) is 0 Å². The lowest BCUT2D eigenvalue weighted by Gasteiger charge is -2.16. The van der Waals surface area contributed by atoms with Crippen LogP contribution in [0, 0.1) is 0 Å². The SMILES string of the molecule is CCOC(=O)c1cc(NC(=O)C(C)Oc2ccc(OC)cc2)cc(C(=O)OCC)c1. The first-order valence-corrected chi connectivity index (χ1v) is 9.48. The molecule has 0 aliphatic rings. The van der Waals surface area contributed by atoms with Crippen LogP contribution >= 0.6 is 0 Å². The fraction of sp³-hybridized carbons (Fsp3) is 0.318. The number of ether oxygens (including phenoxy) is 4. The maximum atomic E-state index is 12.6. The maximum absolute atomic E-state index is 12.6. The average Bonchev–Trinajstić information content (AvgIpc) is 2.74. The molecule has 30 heavy (non-hydrogen) atoms. The number of rotatable bonds is 9. The number of carbonyl (C=O) groups is 3. The Balaban J connectivity index is 2.18. The maximum Gasteiger partial charge on any atom is 0.338 e. The van der Waals surface area contributed by atoms with Crippen LogP contribution in [0.2, 0.25) is 0 Å². The van der Waals surface area contributed by atoms with Crippen molar-refractivity contribution in [3.63, 3.8) is 0 Å². The molecule has 0 bridgehead atoms. The van der Waals surface area contributed by atoms with E-state index in [1.54, 1.807) is 52.1 Å². The normalized spacial score (nSPS) is 11.2. The molecule has 0 saturated heterocycles. The van der Waals surface area contributed by atoms with Crippen LogP contribution in [0.15, 0.2) is 42.5 Å². The Morgan fingerprint density at radius 1 is 0.867 bits per heavy atom. The van der Waals surface area contributed by atoms with Crippen LogP contribution in [-0.4, -0.2) is 44.3 Å². The van der Waals surface area contributed by atoms with Crippen molar-refractivity contribution in [1.29, 1.82) is 0 Å². The van der Waals surface area contributed by atoms with Gasteiger partial charge in [0, 0.05) is 5.69 Å². The van der Waals surface area contributed by atoms with Crippen LogP contribution in [-0.2, 0) is 14.3 Å². The van der Waals surface area contributed by atoms with Crippen LogP contribution in [0.3, 0.4) is 0 Å². The highest BCUT2D eigenvalue weighted by Gasteiger charge is 2.19. The van der Waals surface area contributed by atoms with Gasteiger partial charge in [-0.2, -0.15) is 0 Å². The molecule has 8 heteroatoms. The Bertz CT molecular complexity index is 857. The van der Waals surface area contributed by atoms with Gasteiger partial charge in [-0.1, -0.05) is 0 Å². The van der Waals surface area contributed by atoms with Gasteiger partial charge in [0.15, 0.2) is 6.10 Å². The van der Waals surface area contributed by atoms with Gasteiger partial charge in [-0.05, 0) is 63.2 Å². The highest BCUT2D eigenvalue weighted by Crippen LogP contribution is 2.20. The standard InChI is InChI=1S/C22H25NO7/c1-5-28-21(25)15-11-16(22(26)29-6-2)13-17(12-15)23-20(24)14(3)30-19-9-7-18(27-4)8-10-19/h7-14H,5-6H2,1-4H3,(H,23,24). The summed E-state index contributed by atoms with van der Waals surface area (Å²) in [6.45, 7) is 5.29. The van der Waals surface area contributed by atoms with Gasteiger partial charge in [-0.25, -0.2) is 9.59 Å². The number of amides is 1. The Morgan fingerprint density at radius 2 is 1.37 bits per heavy atom. The molecule has 2 aromatic rings. The third-order valence-corrected chi connectivity index (χ3v) is 3.96. The number of anilines is 1. The summed E-state index contributed by atoms with van der Waals surface area (Å²) >= 11 is 0. The van der Waals surface area contributed by atoms with Gasteiger partial charge in [-0.15, -0.1) is 0 Å². The quantitative estimate of drug-likeness (QED) is 0.626. The summed E-state index contributed by atoms with van der Waals surface area (Å²) in [4.78, 5) is 36.8. The van der Waals surface area contributed by atoms with Gasteiger partial charge in [0.25, 0.3) is 5.91 Å². The third kappa shape index (κ3) is 6.23. The average molecular weight is 415 g/mol. The van der Waals surface area contributed by atoms with E-state index < -0.39 is 23.9 Å². The molecule has 0 aliphatic carbocycles. The molecule has 0 saturated carbocycles. The lowest BCUT2D eigenvalue weighted by Crippen LogP contribution is -2.30. The fourth-order valence-electron chi connectivity index (χ4n) is 2.52. The zero-order valence-corrected chi connectivity index (χ0v) is 17.4. The minimum atomic E-state index is -0.837. The van der Waals surface area contributed by atoms with Crippen molar-refractivity contribution in [2.45, 2.75) is 26.9 Å². The van der Waals surface area contributed by atoms with Crippen LogP contribution in [0.4, 0.5) is 5.69 Å². The van der Waals surface area contributed by atoms with Crippen molar-refractivity contribution in [1.82, 2.24) is 0 Å². The second-order valence-electron chi connectivity index (χ2n) is 6.16. The smallest absolute Gasteiger partial charge is 0.338 e. The molecule has 0 heterocycles. The summed E-state index contributed by atoms with van der Waals surface area (Å²) in [6.07, 6.45) is -0.837. The molecule has 0 aliphatic heterocycles. The summed E-state index contributed by atoms with van der Waals surface area (Å²) in [5.74, 6) is -0.516. The minimum Gasteiger partial charge on any atom is -0.497 e. The Labute approximate surface area is 175 Å². The first-order chi connectivity index (χ1) is 14.4. The molecular weight excluding hydrogens is 390 g/mol.